The molecule has 6 heteroatoms. The largest absolute Gasteiger partial charge is 0.454 e. The molecule has 0 spiro atoms. The van der Waals surface area contributed by atoms with Crippen LogP contribution in [0.25, 0.3) is 0 Å². The van der Waals surface area contributed by atoms with Crippen LogP contribution >= 0.6 is 12.2 Å². The second-order valence-corrected chi connectivity index (χ2v) is 5.51. The third kappa shape index (κ3) is 2.12. The highest BCUT2D eigenvalue weighted by Crippen LogP contribution is 2.36. The predicted octanol–water partition coefficient (Wildman–Crippen LogP) is 2.78. The van der Waals surface area contributed by atoms with Gasteiger partial charge in [-0.25, -0.2) is 4.39 Å². The van der Waals surface area contributed by atoms with Gasteiger partial charge in [0, 0.05) is 17.5 Å². The summed E-state index contributed by atoms with van der Waals surface area (Å²) in [5, 5.41) is 4.29. The third-order valence-corrected chi connectivity index (χ3v) is 3.86. The van der Waals surface area contributed by atoms with Crippen molar-refractivity contribution in [3.05, 3.63) is 58.9 Å². The van der Waals surface area contributed by atoms with Gasteiger partial charge in [-0.05, 0) is 29.8 Å². The Hall–Kier alpha value is -2.47. The minimum Gasteiger partial charge on any atom is -0.454 e. The van der Waals surface area contributed by atoms with Crippen LogP contribution in [0, 0.1) is 5.82 Å². The molecule has 0 aliphatic carbocycles. The van der Waals surface area contributed by atoms with E-state index in [0.29, 0.717) is 34.2 Å². The SMILES string of the molecule is Fc1ccccc1C1=NNC(=S)Cc2cc3c(cc21)OCO3. The molecule has 110 valence electrons. The number of thiocarbonyl (C=S) groups is 1. The molecule has 4 rings (SSSR count). The summed E-state index contributed by atoms with van der Waals surface area (Å²) in [6.07, 6.45) is 0.517. The Morgan fingerprint density at radius 2 is 1.86 bits per heavy atom. The van der Waals surface area contributed by atoms with Gasteiger partial charge < -0.3 is 9.47 Å². The molecule has 0 fully saturated rings. The number of fused-ring (bicyclic) bond motifs is 2. The highest BCUT2D eigenvalue weighted by molar-refractivity contribution is 7.80. The Kier molecular flexibility index (Phi) is 3.04. The Morgan fingerprint density at radius 3 is 2.68 bits per heavy atom. The molecule has 0 atom stereocenters. The molecule has 0 amide bonds. The van der Waals surface area contributed by atoms with Gasteiger partial charge in [-0.3, -0.25) is 5.43 Å². The number of hydrogen-bond donors (Lipinski definition) is 1. The molecule has 22 heavy (non-hydrogen) atoms. The smallest absolute Gasteiger partial charge is 0.231 e. The quantitative estimate of drug-likeness (QED) is 0.822. The van der Waals surface area contributed by atoms with E-state index < -0.39 is 0 Å². The van der Waals surface area contributed by atoms with E-state index in [4.69, 9.17) is 21.7 Å². The van der Waals surface area contributed by atoms with Gasteiger partial charge >= 0.3 is 0 Å². The minimum atomic E-state index is -0.334. The van der Waals surface area contributed by atoms with Gasteiger partial charge in [-0.15, -0.1) is 0 Å². The second-order valence-electron chi connectivity index (χ2n) is 5.01. The molecule has 2 aromatic rings. The average Bonchev–Trinajstić information content (AvgIpc) is 2.89. The first-order valence-corrected chi connectivity index (χ1v) is 7.17. The highest BCUT2D eigenvalue weighted by Gasteiger charge is 2.24. The molecule has 0 saturated heterocycles. The van der Waals surface area contributed by atoms with E-state index in [1.165, 1.54) is 6.07 Å². The fourth-order valence-electron chi connectivity index (χ4n) is 2.60. The first-order chi connectivity index (χ1) is 10.7. The van der Waals surface area contributed by atoms with Gasteiger partial charge in [0.15, 0.2) is 11.5 Å². The molecule has 2 aromatic carbocycles. The molecule has 0 radical (unpaired) electrons. The summed E-state index contributed by atoms with van der Waals surface area (Å²) in [5.74, 6) is 0.978. The number of nitrogens with zero attached hydrogens (tertiary/aromatic N) is 1. The van der Waals surface area contributed by atoms with Crippen molar-refractivity contribution in [2.45, 2.75) is 6.42 Å². The van der Waals surface area contributed by atoms with Gasteiger partial charge in [-0.2, -0.15) is 5.10 Å². The van der Waals surface area contributed by atoms with E-state index in [9.17, 15) is 4.39 Å². The number of halogens is 1. The van der Waals surface area contributed by atoms with Crippen LogP contribution in [0.2, 0.25) is 0 Å². The van der Waals surface area contributed by atoms with Crippen molar-refractivity contribution in [1.82, 2.24) is 5.43 Å². The average molecular weight is 314 g/mol. The molecule has 0 unspecified atom stereocenters. The maximum atomic E-state index is 14.2. The monoisotopic (exact) mass is 314 g/mol. The zero-order valence-corrected chi connectivity index (χ0v) is 12.2. The van der Waals surface area contributed by atoms with Gasteiger partial charge in [0.25, 0.3) is 0 Å². The predicted molar refractivity (Wildman–Crippen MR) is 84.0 cm³/mol. The van der Waals surface area contributed by atoms with E-state index in [1.807, 2.05) is 12.1 Å². The van der Waals surface area contributed by atoms with Gasteiger partial charge in [0.05, 0.1) is 0 Å². The molecule has 0 aromatic heterocycles. The van der Waals surface area contributed by atoms with Crippen LogP contribution in [0.3, 0.4) is 0 Å². The van der Waals surface area contributed by atoms with E-state index in [2.05, 4.69) is 10.5 Å². The Labute approximate surface area is 131 Å². The van der Waals surface area contributed by atoms with Crippen molar-refractivity contribution in [2.75, 3.05) is 6.79 Å². The van der Waals surface area contributed by atoms with Crippen molar-refractivity contribution in [3.8, 4) is 11.5 Å². The van der Waals surface area contributed by atoms with Gasteiger partial charge in [0.1, 0.15) is 16.5 Å². The highest BCUT2D eigenvalue weighted by atomic mass is 32.1. The molecular formula is C16H11FN2O2S. The first kappa shape index (κ1) is 13.2. The number of hydrogen-bond acceptors (Lipinski definition) is 4. The van der Waals surface area contributed by atoms with E-state index in [0.717, 1.165) is 11.1 Å². The topological polar surface area (TPSA) is 42.9 Å². The molecule has 2 aliphatic heterocycles. The lowest BCUT2D eigenvalue weighted by molar-refractivity contribution is 0.174. The molecule has 0 saturated carbocycles. The van der Waals surface area contributed by atoms with Crippen LogP contribution < -0.4 is 14.9 Å². The van der Waals surface area contributed by atoms with Crippen molar-refractivity contribution in [1.29, 1.82) is 0 Å². The zero-order valence-electron chi connectivity index (χ0n) is 11.4. The Bertz CT molecular complexity index is 820. The Morgan fingerprint density at radius 1 is 1.09 bits per heavy atom. The van der Waals surface area contributed by atoms with E-state index in [1.54, 1.807) is 18.2 Å². The van der Waals surface area contributed by atoms with Crippen LogP contribution in [0.5, 0.6) is 11.5 Å². The molecule has 2 aliphatic rings. The van der Waals surface area contributed by atoms with Crippen LogP contribution in [-0.4, -0.2) is 17.5 Å². The standard InChI is InChI=1S/C16H11FN2O2S/c17-12-4-2-1-3-10(12)16-11-7-14-13(20-8-21-14)5-9(11)6-15(22)18-19-16/h1-5,7H,6,8H2,(H,18,22). The summed E-state index contributed by atoms with van der Waals surface area (Å²) in [6.45, 7) is 0.188. The summed E-state index contributed by atoms with van der Waals surface area (Å²) in [7, 11) is 0. The molecule has 2 heterocycles. The lowest BCUT2D eigenvalue weighted by Gasteiger charge is -2.10. The summed E-state index contributed by atoms with van der Waals surface area (Å²) in [4.78, 5) is 0.575. The maximum absolute atomic E-state index is 14.2. The number of rotatable bonds is 1. The van der Waals surface area contributed by atoms with E-state index >= 15 is 0 Å². The molecule has 1 N–H and O–H groups in total. The lowest BCUT2D eigenvalue weighted by Crippen LogP contribution is -2.16. The van der Waals surface area contributed by atoms with Crippen LogP contribution in [-0.2, 0) is 6.42 Å². The summed E-state index contributed by atoms with van der Waals surface area (Å²) < 4.78 is 25.0. The van der Waals surface area contributed by atoms with Crippen molar-refractivity contribution in [3.63, 3.8) is 0 Å². The molecular weight excluding hydrogens is 303 g/mol. The second kappa shape index (κ2) is 5.06. The van der Waals surface area contributed by atoms with Crippen molar-refractivity contribution < 1.29 is 13.9 Å². The molecule has 0 bridgehead atoms. The van der Waals surface area contributed by atoms with Gasteiger partial charge in [-0.1, -0.05) is 24.4 Å². The van der Waals surface area contributed by atoms with Crippen LogP contribution in [0.4, 0.5) is 4.39 Å². The fourth-order valence-corrected chi connectivity index (χ4v) is 2.80. The normalized spacial score (nSPS) is 15.7. The Balaban J connectivity index is 1.94. The third-order valence-electron chi connectivity index (χ3n) is 3.63. The lowest BCUT2D eigenvalue weighted by atomic mass is 9.95. The summed E-state index contributed by atoms with van der Waals surface area (Å²) in [5.41, 5.74) is 5.46. The van der Waals surface area contributed by atoms with Crippen LogP contribution in [0.15, 0.2) is 41.5 Å². The number of nitrogens with one attached hydrogen (secondary N) is 1. The van der Waals surface area contributed by atoms with Crippen molar-refractivity contribution >= 4 is 22.9 Å². The summed E-state index contributed by atoms with van der Waals surface area (Å²) in [6, 6.07) is 10.2. The number of hydrazone groups is 1. The molecule has 4 nitrogen and oxygen atoms in total. The first-order valence-electron chi connectivity index (χ1n) is 6.77. The minimum absolute atomic E-state index is 0.188. The number of ether oxygens (including phenoxy) is 2. The maximum Gasteiger partial charge on any atom is 0.231 e. The zero-order chi connectivity index (χ0) is 15.1. The summed E-state index contributed by atoms with van der Waals surface area (Å²) >= 11 is 5.25. The van der Waals surface area contributed by atoms with Crippen LogP contribution in [0.1, 0.15) is 16.7 Å². The fraction of sp³-hybridized carbons (Fsp3) is 0.125. The van der Waals surface area contributed by atoms with Crippen molar-refractivity contribution in [2.24, 2.45) is 5.10 Å². The number of benzene rings is 2. The van der Waals surface area contributed by atoms with Gasteiger partial charge in [0.2, 0.25) is 6.79 Å². The van der Waals surface area contributed by atoms with E-state index in [-0.39, 0.29) is 12.6 Å².